The number of hydrogen-bond acceptors (Lipinski definition) is 3. The average Bonchev–Trinajstić information content (AvgIpc) is 2.41. The Hall–Kier alpha value is -1.84. The summed E-state index contributed by atoms with van der Waals surface area (Å²) in [5, 5.41) is 13.3. The Kier molecular flexibility index (Phi) is 7.32. The van der Waals surface area contributed by atoms with E-state index in [1.807, 2.05) is 0 Å². The van der Waals surface area contributed by atoms with Crippen LogP contribution in [0.15, 0.2) is 29.4 Å². The molecule has 0 heterocycles. The molecule has 19 heavy (non-hydrogen) atoms. The highest BCUT2D eigenvalue weighted by Crippen LogP contribution is 2.12. The van der Waals surface area contributed by atoms with Crippen molar-refractivity contribution in [3.63, 3.8) is 0 Å². The Morgan fingerprint density at radius 2 is 2.00 bits per heavy atom. The number of benzene rings is 1. The molecule has 4 nitrogen and oxygen atoms in total. The number of carbonyl (C=O) groups is 1. The van der Waals surface area contributed by atoms with E-state index in [0.717, 1.165) is 12.8 Å². The zero-order valence-electron chi connectivity index (χ0n) is 11.4. The molecule has 0 aromatic heterocycles. The lowest BCUT2D eigenvalue weighted by molar-refractivity contribution is -0.121. The molecule has 0 saturated heterocycles. The fraction of sp³-hybridized carbons (Fsp3) is 0.467. The predicted molar refractivity (Wildman–Crippen MR) is 77.2 cm³/mol. The van der Waals surface area contributed by atoms with Crippen molar-refractivity contribution >= 4 is 12.1 Å². The number of amides is 1. The number of para-hydroxylation sites is 1. The van der Waals surface area contributed by atoms with Gasteiger partial charge in [-0.15, -0.1) is 0 Å². The van der Waals surface area contributed by atoms with Gasteiger partial charge in [0.05, 0.1) is 6.21 Å². The molecule has 2 N–H and O–H groups in total. The summed E-state index contributed by atoms with van der Waals surface area (Å²) in [5.74, 6) is 0.0724. The monoisotopic (exact) mass is 262 g/mol. The van der Waals surface area contributed by atoms with Crippen LogP contribution in [-0.2, 0) is 4.79 Å². The van der Waals surface area contributed by atoms with E-state index in [2.05, 4.69) is 17.5 Å². The second kappa shape index (κ2) is 9.14. The first kappa shape index (κ1) is 15.2. The minimum Gasteiger partial charge on any atom is -0.507 e. The standard InChI is InChI=1S/C15H22N2O2/c1-2-3-4-5-6-11-15(19)17-16-12-13-9-7-8-10-14(13)18/h7-10,12,18H,2-6,11H2,1H3,(H,17,19)/b16-12-. The third kappa shape index (κ3) is 6.60. The number of phenols is 1. The molecular formula is C15H22N2O2. The highest BCUT2D eigenvalue weighted by Gasteiger charge is 1.99. The number of rotatable bonds is 8. The average molecular weight is 262 g/mol. The van der Waals surface area contributed by atoms with Gasteiger partial charge in [0.25, 0.3) is 0 Å². The number of unbranched alkanes of at least 4 members (excludes halogenated alkanes) is 4. The fourth-order valence-electron chi connectivity index (χ4n) is 1.72. The number of phenolic OH excluding ortho intramolecular Hbond substituents is 1. The first-order valence-electron chi connectivity index (χ1n) is 6.84. The summed E-state index contributed by atoms with van der Waals surface area (Å²) in [6.07, 6.45) is 7.56. The van der Waals surface area contributed by atoms with E-state index < -0.39 is 0 Å². The predicted octanol–water partition coefficient (Wildman–Crippen LogP) is 3.20. The van der Waals surface area contributed by atoms with Crippen molar-refractivity contribution < 1.29 is 9.90 Å². The molecule has 104 valence electrons. The Balaban J connectivity index is 2.21. The molecule has 0 saturated carbocycles. The van der Waals surface area contributed by atoms with Crippen molar-refractivity contribution in [1.82, 2.24) is 5.43 Å². The summed E-state index contributed by atoms with van der Waals surface area (Å²) < 4.78 is 0. The SMILES string of the molecule is CCCCCCCC(=O)N/N=C\c1ccccc1O. The molecule has 1 aromatic rings. The highest BCUT2D eigenvalue weighted by atomic mass is 16.3. The Morgan fingerprint density at radius 3 is 2.74 bits per heavy atom. The van der Waals surface area contributed by atoms with E-state index >= 15 is 0 Å². The van der Waals surface area contributed by atoms with Crippen LogP contribution in [0, 0.1) is 0 Å². The lowest BCUT2D eigenvalue weighted by Gasteiger charge is -2.00. The van der Waals surface area contributed by atoms with Gasteiger partial charge in [-0.25, -0.2) is 5.43 Å². The van der Waals surface area contributed by atoms with Crippen LogP contribution in [0.3, 0.4) is 0 Å². The number of carbonyl (C=O) groups excluding carboxylic acids is 1. The van der Waals surface area contributed by atoms with Gasteiger partial charge in [0.1, 0.15) is 5.75 Å². The summed E-state index contributed by atoms with van der Waals surface area (Å²) >= 11 is 0. The Bertz CT molecular complexity index is 416. The van der Waals surface area contributed by atoms with Gasteiger partial charge >= 0.3 is 0 Å². The van der Waals surface area contributed by atoms with E-state index in [1.54, 1.807) is 24.3 Å². The van der Waals surface area contributed by atoms with Gasteiger partial charge in [-0.2, -0.15) is 5.10 Å². The Labute approximate surface area is 114 Å². The van der Waals surface area contributed by atoms with Crippen molar-refractivity contribution in [3.8, 4) is 5.75 Å². The number of aromatic hydroxyl groups is 1. The second-order valence-electron chi connectivity index (χ2n) is 4.52. The van der Waals surface area contributed by atoms with Crippen LogP contribution in [-0.4, -0.2) is 17.2 Å². The van der Waals surface area contributed by atoms with E-state index in [4.69, 9.17) is 0 Å². The van der Waals surface area contributed by atoms with Crippen molar-refractivity contribution in [3.05, 3.63) is 29.8 Å². The van der Waals surface area contributed by atoms with Gasteiger partial charge in [-0.05, 0) is 18.6 Å². The number of hydrogen-bond donors (Lipinski definition) is 2. The van der Waals surface area contributed by atoms with E-state index in [0.29, 0.717) is 12.0 Å². The van der Waals surface area contributed by atoms with Crippen molar-refractivity contribution in [2.75, 3.05) is 0 Å². The quantitative estimate of drug-likeness (QED) is 0.429. The smallest absolute Gasteiger partial charge is 0.240 e. The third-order valence-corrected chi connectivity index (χ3v) is 2.84. The summed E-state index contributed by atoms with van der Waals surface area (Å²) in [4.78, 5) is 11.5. The van der Waals surface area contributed by atoms with Gasteiger partial charge in [-0.1, -0.05) is 44.7 Å². The van der Waals surface area contributed by atoms with Crippen molar-refractivity contribution in [2.24, 2.45) is 5.10 Å². The molecule has 0 fully saturated rings. The van der Waals surface area contributed by atoms with Crippen LogP contribution < -0.4 is 5.43 Å². The minimum atomic E-state index is -0.0804. The van der Waals surface area contributed by atoms with Gasteiger partial charge < -0.3 is 5.11 Å². The van der Waals surface area contributed by atoms with Gasteiger partial charge in [0.2, 0.25) is 5.91 Å². The van der Waals surface area contributed by atoms with Crippen LogP contribution >= 0.6 is 0 Å². The molecule has 0 aliphatic heterocycles. The third-order valence-electron chi connectivity index (χ3n) is 2.84. The van der Waals surface area contributed by atoms with Crippen LogP contribution in [0.4, 0.5) is 0 Å². The molecule has 0 atom stereocenters. The zero-order valence-corrected chi connectivity index (χ0v) is 11.4. The van der Waals surface area contributed by atoms with Crippen LogP contribution in [0.25, 0.3) is 0 Å². The number of hydrazone groups is 1. The molecule has 0 radical (unpaired) electrons. The first-order valence-corrected chi connectivity index (χ1v) is 6.84. The summed E-state index contributed by atoms with van der Waals surface area (Å²) in [5.41, 5.74) is 3.06. The molecule has 0 bridgehead atoms. The zero-order chi connectivity index (χ0) is 13.9. The molecule has 0 aliphatic carbocycles. The molecule has 1 amide bonds. The van der Waals surface area contributed by atoms with Crippen LogP contribution in [0.5, 0.6) is 5.75 Å². The largest absolute Gasteiger partial charge is 0.507 e. The fourth-order valence-corrected chi connectivity index (χ4v) is 1.72. The van der Waals surface area contributed by atoms with E-state index in [-0.39, 0.29) is 11.7 Å². The van der Waals surface area contributed by atoms with E-state index in [1.165, 1.54) is 25.5 Å². The summed E-state index contributed by atoms with van der Waals surface area (Å²) in [7, 11) is 0. The molecule has 0 aliphatic rings. The second-order valence-corrected chi connectivity index (χ2v) is 4.52. The molecular weight excluding hydrogens is 240 g/mol. The molecule has 4 heteroatoms. The Morgan fingerprint density at radius 1 is 1.26 bits per heavy atom. The first-order chi connectivity index (χ1) is 9.24. The highest BCUT2D eigenvalue weighted by molar-refractivity contribution is 5.84. The normalized spacial score (nSPS) is 10.8. The molecule has 0 unspecified atom stereocenters. The van der Waals surface area contributed by atoms with E-state index in [9.17, 15) is 9.90 Å². The molecule has 0 spiro atoms. The van der Waals surface area contributed by atoms with Gasteiger partial charge in [0.15, 0.2) is 0 Å². The summed E-state index contributed by atoms with van der Waals surface area (Å²) in [6.45, 7) is 2.17. The maximum Gasteiger partial charge on any atom is 0.240 e. The maximum absolute atomic E-state index is 11.5. The minimum absolute atomic E-state index is 0.0804. The molecule has 1 aromatic carbocycles. The topological polar surface area (TPSA) is 61.7 Å². The maximum atomic E-state index is 11.5. The lowest BCUT2D eigenvalue weighted by Crippen LogP contribution is -2.16. The van der Waals surface area contributed by atoms with Crippen LogP contribution in [0.2, 0.25) is 0 Å². The van der Waals surface area contributed by atoms with Gasteiger partial charge in [-0.3, -0.25) is 4.79 Å². The number of nitrogens with one attached hydrogen (secondary N) is 1. The van der Waals surface area contributed by atoms with Crippen molar-refractivity contribution in [2.45, 2.75) is 45.4 Å². The lowest BCUT2D eigenvalue weighted by atomic mass is 10.1. The van der Waals surface area contributed by atoms with Crippen LogP contribution in [0.1, 0.15) is 51.0 Å². The van der Waals surface area contributed by atoms with Crippen molar-refractivity contribution in [1.29, 1.82) is 0 Å². The van der Waals surface area contributed by atoms with Gasteiger partial charge in [0, 0.05) is 12.0 Å². The molecule has 1 rings (SSSR count). The number of nitrogens with zero attached hydrogens (tertiary/aromatic N) is 1. The summed E-state index contributed by atoms with van der Waals surface area (Å²) in [6, 6.07) is 6.85.